The molecule has 0 heterocycles. The molecule has 1 atom stereocenters. The van der Waals surface area contributed by atoms with E-state index in [0.717, 1.165) is 74.1 Å². The molecule has 1 aromatic carbocycles. The number of carbonyl (C=O) groups is 1. The van der Waals surface area contributed by atoms with E-state index in [-0.39, 0.29) is 5.91 Å². The molecule has 4 nitrogen and oxygen atoms in total. The monoisotopic (exact) mass is 427 g/mol. The lowest BCUT2D eigenvalue weighted by atomic mass is 9.87. The fourth-order valence-electron chi connectivity index (χ4n) is 4.80. The van der Waals surface area contributed by atoms with Crippen molar-refractivity contribution < 1.29 is 4.79 Å². The smallest absolute Gasteiger partial charge is 0.267 e. The number of nitrogens with one attached hydrogen (secondary N) is 1. The van der Waals surface area contributed by atoms with E-state index in [1.165, 1.54) is 24.8 Å². The highest BCUT2D eigenvalue weighted by atomic mass is 35.5. The molecule has 162 valence electrons. The molecular formula is C25H34ClN3O. The molecule has 1 aromatic rings. The number of carbonyl (C=O) groups excluding carboxylic acids is 1. The summed E-state index contributed by atoms with van der Waals surface area (Å²) >= 11 is 6.09. The largest absolute Gasteiger partial charge is 0.394 e. The standard InChI is InChI=1S/C25H34ClN3O/c26-19-12-10-17(11-13-19)16-18-6-4-5-9-22(23(27)25(30)29-21-14-15-21)24(18)28-20-7-2-1-3-8-20/h10-13,18,20-21H,1-9,14-16,27H2,(H,29,30). The average molecular weight is 428 g/mol. The van der Waals surface area contributed by atoms with Crippen LogP contribution < -0.4 is 11.1 Å². The van der Waals surface area contributed by atoms with Crippen molar-refractivity contribution in [2.24, 2.45) is 16.6 Å². The molecule has 1 unspecified atom stereocenters. The number of benzene rings is 1. The van der Waals surface area contributed by atoms with Gasteiger partial charge in [-0.15, -0.1) is 0 Å². The van der Waals surface area contributed by atoms with Crippen LogP contribution in [0.1, 0.15) is 76.2 Å². The summed E-state index contributed by atoms with van der Waals surface area (Å²) in [5.41, 5.74) is 10.3. The van der Waals surface area contributed by atoms with Crippen LogP contribution >= 0.6 is 11.6 Å². The summed E-state index contributed by atoms with van der Waals surface area (Å²) < 4.78 is 0. The average Bonchev–Trinajstić information content (AvgIpc) is 3.59. The van der Waals surface area contributed by atoms with E-state index in [4.69, 9.17) is 22.3 Å². The van der Waals surface area contributed by atoms with E-state index in [0.29, 0.717) is 23.7 Å². The third-order valence-corrected chi connectivity index (χ3v) is 6.95. The van der Waals surface area contributed by atoms with Crippen LogP contribution in [-0.4, -0.2) is 23.7 Å². The van der Waals surface area contributed by atoms with E-state index >= 15 is 0 Å². The van der Waals surface area contributed by atoms with Crippen LogP contribution in [0.3, 0.4) is 0 Å². The third kappa shape index (κ3) is 5.66. The lowest BCUT2D eigenvalue weighted by Gasteiger charge is -2.25. The number of allylic oxidation sites excluding steroid dienone is 1. The Balaban J connectivity index is 1.65. The molecule has 1 amide bonds. The summed E-state index contributed by atoms with van der Waals surface area (Å²) in [7, 11) is 0. The first-order chi connectivity index (χ1) is 14.6. The summed E-state index contributed by atoms with van der Waals surface area (Å²) in [4.78, 5) is 18.1. The minimum absolute atomic E-state index is 0.101. The highest BCUT2D eigenvalue weighted by Crippen LogP contribution is 2.32. The van der Waals surface area contributed by atoms with Crippen LogP contribution in [0.2, 0.25) is 5.02 Å². The molecule has 0 bridgehead atoms. The molecular weight excluding hydrogens is 394 g/mol. The lowest BCUT2D eigenvalue weighted by Crippen LogP contribution is -2.33. The van der Waals surface area contributed by atoms with Gasteiger partial charge < -0.3 is 11.1 Å². The molecule has 30 heavy (non-hydrogen) atoms. The van der Waals surface area contributed by atoms with Gasteiger partial charge in [-0.05, 0) is 69.1 Å². The maximum Gasteiger partial charge on any atom is 0.267 e. The minimum Gasteiger partial charge on any atom is -0.394 e. The Morgan fingerprint density at radius 3 is 2.40 bits per heavy atom. The van der Waals surface area contributed by atoms with Crippen LogP contribution in [0, 0.1) is 5.92 Å². The molecule has 0 aromatic heterocycles. The second-order valence-electron chi connectivity index (χ2n) is 9.22. The maximum atomic E-state index is 12.8. The van der Waals surface area contributed by atoms with E-state index in [9.17, 15) is 4.79 Å². The Kier molecular flexibility index (Phi) is 7.14. The Morgan fingerprint density at radius 2 is 1.70 bits per heavy atom. The number of amides is 1. The van der Waals surface area contributed by atoms with Gasteiger partial charge in [-0.2, -0.15) is 0 Å². The fourth-order valence-corrected chi connectivity index (χ4v) is 4.92. The van der Waals surface area contributed by atoms with Crippen LogP contribution in [0.25, 0.3) is 0 Å². The highest BCUT2D eigenvalue weighted by Gasteiger charge is 2.30. The van der Waals surface area contributed by atoms with Crippen molar-refractivity contribution in [3.63, 3.8) is 0 Å². The highest BCUT2D eigenvalue weighted by molar-refractivity contribution is 6.30. The summed E-state index contributed by atoms with van der Waals surface area (Å²) in [6.07, 6.45) is 13.3. The normalized spacial score (nSPS) is 26.3. The Hall–Kier alpha value is -1.81. The van der Waals surface area contributed by atoms with E-state index in [2.05, 4.69) is 17.4 Å². The fraction of sp³-hybridized carbons (Fsp3) is 0.600. The first kappa shape index (κ1) is 21.4. The van der Waals surface area contributed by atoms with Gasteiger partial charge in [-0.25, -0.2) is 0 Å². The van der Waals surface area contributed by atoms with Gasteiger partial charge in [0.2, 0.25) is 0 Å². The van der Waals surface area contributed by atoms with Crippen molar-refractivity contribution in [2.45, 2.75) is 89.1 Å². The number of rotatable bonds is 5. The predicted octanol–water partition coefficient (Wildman–Crippen LogP) is 5.34. The molecule has 3 N–H and O–H groups in total. The third-order valence-electron chi connectivity index (χ3n) is 6.70. The topological polar surface area (TPSA) is 67.5 Å². The molecule has 3 fully saturated rings. The second kappa shape index (κ2) is 10.00. The van der Waals surface area contributed by atoms with Crippen molar-refractivity contribution >= 4 is 23.2 Å². The molecule has 0 saturated heterocycles. The van der Waals surface area contributed by atoms with Gasteiger partial charge in [0.1, 0.15) is 5.70 Å². The molecule has 3 saturated carbocycles. The van der Waals surface area contributed by atoms with E-state index in [1.54, 1.807) is 0 Å². The van der Waals surface area contributed by atoms with Gasteiger partial charge in [0.15, 0.2) is 0 Å². The summed E-state index contributed by atoms with van der Waals surface area (Å²) in [6.45, 7) is 0. The molecule has 5 heteroatoms. The number of hydrogen-bond donors (Lipinski definition) is 2. The van der Waals surface area contributed by atoms with Gasteiger partial charge in [-0.1, -0.05) is 49.4 Å². The van der Waals surface area contributed by atoms with Crippen molar-refractivity contribution in [3.8, 4) is 0 Å². The number of aliphatic imine (C=N–C) groups is 1. The SMILES string of the molecule is NC(C(=O)NC1CC1)=C1CCCCC(Cc2ccc(Cl)cc2)C1=NC1CCCCC1. The number of nitrogens with two attached hydrogens (primary N) is 1. The van der Waals surface area contributed by atoms with Gasteiger partial charge in [0.05, 0.1) is 6.04 Å². The zero-order valence-electron chi connectivity index (χ0n) is 17.8. The number of hydrogen-bond acceptors (Lipinski definition) is 3. The van der Waals surface area contributed by atoms with Gasteiger partial charge in [-0.3, -0.25) is 9.79 Å². The number of nitrogens with zero attached hydrogens (tertiary/aromatic N) is 1. The van der Waals surface area contributed by atoms with Crippen molar-refractivity contribution in [1.82, 2.24) is 5.32 Å². The minimum atomic E-state index is -0.101. The first-order valence-electron chi connectivity index (χ1n) is 11.7. The van der Waals surface area contributed by atoms with Crippen LogP contribution in [0.15, 0.2) is 40.5 Å². The Bertz CT molecular complexity index is 804. The van der Waals surface area contributed by atoms with Crippen LogP contribution in [0.5, 0.6) is 0 Å². The first-order valence-corrected chi connectivity index (χ1v) is 12.1. The van der Waals surface area contributed by atoms with Crippen LogP contribution in [-0.2, 0) is 11.2 Å². The van der Waals surface area contributed by atoms with Gasteiger partial charge in [0, 0.05) is 28.3 Å². The van der Waals surface area contributed by atoms with Crippen molar-refractivity contribution in [1.29, 1.82) is 0 Å². The quantitative estimate of drug-likeness (QED) is 0.492. The zero-order valence-corrected chi connectivity index (χ0v) is 18.6. The van der Waals surface area contributed by atoms with E-state index < -0.39 is 0 Å². The molecule has 3 aliphatic carbocycles. The molecule has 0 spiro atoms. The van der Waals surface area contributed by atoms with Crippen LogP contribution in [0.4, 0.5) is 0 Å². The Labute approximate surface area is 185 Å². The Morgan fingerprint density at radius 1 is 1.00 bits per heavy atom. The molecule has 0 aliphatic heterocycles. The van der Waals surface area contributed by atoms with Gasteiger partial charge in [0.25, 0.3) is 5.91 Å². The summed E-state index contributed by atoms with van der Waals surface area (Å²) in [5.74, 6) is 0.203. The van der Waals surface area contributed by atoms with E-state index in [1.807, 2.05) is 12.1 Å². The van der Waals surface area contributed by atoms with Crippen molar-refractivity contribution in [3.05, 3.63) is 46.1 Å². The molecule has 0 radical (unpaired) electrons. The van der Waals surface area contributed by atoms with Gasteiger partial charge >= 0.3 is 0 Å². The number of halogens is 1. The molecule has 4 rings (SSSR count). The molecule has 3 aliphatic rings. The maximum absolute atomic E-state index is 12.8. The lowest BCUT2D eigenvalue weighted by molar-refractivity contribution is -0.117. The van der Waals surface area contributed by atoms with Crippen molar-refractivity contribution in [2.75, 3.05) is 0 Å². The second-order valence-corrected chi connectivity index (χ2v) is 9.66. The predicted molar refractivity (Wildman–Crippen MR) is 124 cm³/mol. The summed E-state index contributed by atoms with van der Waals surface area (Å²) in [5, 5.41) is 3.84. The summed E-state index contributed by atoms with van der Waals surface area (Å²) in [6, 6.07) is 8.81. The zero-order chi connectivity index (χ0) is 20.9.